The van der Waals surface area contributed by atoms with Crippen molar-refractivity contribution in [1.29, 1.82) is 0 Å². The van der Waals surface area contributed by atoms with E-state index in [1.165, 1.54) is 39.6 Å². The van der Waals surface area contributed by atoms with E-state index >= 15 is 0 Å². The number of rotatable bonds is 4. The largest absolute Gasteiger partial charge is 0.168 e. The van der Waals surface area contributed by atoms with Gasteiger partial charge in [-0.1, -0.05) is 68.0 Å². The molecule has 3 rings (SSSR count). The van der Waals surface area contributed by atoms with Crippen LogP contribution < -0.4 is 0 Å². The van der Waals surface area contributed by atoms with Crippen molar-refractivity contribution >= 4 is 40.0 Å². The molecule has 0 saturated carbocycles. The highest BCUT2D eigenvalue weighted by Crippen LogP contribution is 2.30. The highest BCUT2D eigenvalue weighted by atomic mass is 35.6. The molecule has 0 aromatic heterocycles. The minimum Gasteiger partial charge on any atom is -0.168 e. The van der Waals surface area contributed by atoms with E-state index in [2.05, 4.69) is 67.7 Å². The van der Waals surface area contributed by atoms with Gasteiger partial charge in [0.15, 0.2) is 7.38 Å². The lowest BCUT2D eigenvalue weighted by molar-refractivity contribution is 0.920. The molecule has 0 atom stereocenters. The van der Waals surface area contributed by atoms with Gasteiger partial charge in [-0.3, -0.25) is 0 Å². The first-order chi connectivity index (χ1) is 10.0. The summed E-state index contributed by atoms with van der Waals surface area (Å²) in [5.74, 6) is 0. The van der Waals surface area contributed by atoms with Crippen molar-refractivity contribution in [2.75, 3.05) is 0 Å². The lowest BCUT2D eigenvalue weighted by Crippen LogP contribution is -2.15. The number of fused-ring (bicyclic) bond motifs is 2. The summed E-state index contributed by atoms with van der Waals surface area (Å²) >= 11 is 6.47. The fraction of sp³-hybridized carbons (Fsp3) is 0.263. The Morgan fingerprint density at radius 1 is 0.857 bits per heavy atom. The van der Waals surface area contributed by atoms with Crippen LogP contribution in [0.2, 0.25) is 19.1 Å². The smallest absolute Gasteiger partial charge is 0.150 e. The normalized spacial score (nSPS) is 12.1. The maximum absolute atomic E-state index is 6.47. The Bertz CT molecular complexity index is 717. The second kappa shape index (κ2) is 5.82. The number of hydrogen-bond donors (Lipinski definition) is 0. The molecule has 0 aliphatic rings. The topological polar surface area (TPSA) is 0 Å². The standard InChI is InChI=1S/C19H21ClSi/c1-21(2,20)13-7-12-19-17-10-5-3-8-15(17)14-16-9-4-6-11-18(16)19/h3-6,8-11,14H,7,12-13H2,1-2H3. The summed E-state index contributed by atoms with van der Waals surface area (Å²) in [6.07, 6.45) is 2.30. The number of hydrogen-bond acceptors (Lipinski definition) is 0. The third-order valence-electron chi connectivity index (χ3n) is 4.08. The van der Waals surface area contributed by atoms with Crippen molar-refractivity contribution in [3.63, 3.8) is 0 Å². The van der Waals surface area contributed by atoms with Crippen molar-refractivity contribution in [2.45, 2.75) is 32.0 Å². The van der Waals surface area contributed by atoms with Crippen molar-refractivity contribution < 1.29 is 0 Å². The van der Waals surface area contributed by atoms with Gasteiger partial charge in [-0.2, -0.15) is 11.1 Å². The summed E-state index contributed by atoms with van der Waals surface area (Å²) < 4.78 is 0. The van der Waals surface area contributed by atoms with Gasteiger partial charge in [0.25, 0.3) is 0 Å². The molecule has 0 N–H and O–H groups in total. The first kappa shape index (κ1) is 14.6. The molecule has 108 valence electrons. The molecule has 0 amide bonds. The van der Waals surface area contributed by atoms with Crippen LogP contribution in [0.5, 0.6) is 0 Å². The minimum absolute atomic E-state index is 1.12. The Balaban J connectivity index is 2.07. The summed E-state index contributed by atoms with van der Waals surface area (Å²) in [4.78, 5) is 0. The van der Waals surface area contributed by atoms with Crippen molar-refractivity contribution in [3.05, 3.63) is 60.2 Å². The summed E-state index contributed by atoms with van der Waals surface area (Å²) in [5.41, 5.74) is 1.48. The van der Waals surface area contributed by atoms with Gasteiger partial charge in [-0.25, -0.2) is 0 Å². The van der Waals surface area contributed by atoms with E-state index in [0.717, 1.165) is 6.42 Å². The molecule has 0 aliphatic carbocycles. The molecule has 21 heavy (non-hydrogen) atoms. The van der Waals surface area contributed by atoms with Gasteiger partial charge in [0.1, 0.15) is 0 Å². The fourth-order valence-electron chi connectivity index (χ4n) is 3.06. The average molecular weight is 313 g/mol. The van der Waals surface area contributed by atoms with Crippen molar-refractivity contribution in [1.82, 2.24) is 0 Å². The van der Waals surface area contributed by atoms with Gasteiger partial charge in [0, 0.05) is 0 Å². The van der Waals surface area contributed by atoms with Crippen LogP contribution in [0.15, 0.2) is 54.6 Å². The van der Waals surface area contributed by atoms with Crippen LogP contribution in [0.4, 0.5) is 0 Å². The van der Waals surface area contributed by atoms with Gasteiger partial charge in [-0.15, -0.1) is 0 Å². The Labute approximate surface area is 132 Å². The van der Waals surface area contributed by atoms with Crippen LogP contribution in [0, 0.1) is 0 Å². The number of aryl methyl sites for hydroxylation is 1. The SMILES string of the molecule is C[Si](C)(Cl)CCCc1c2ccccc2cc2ccccc12. The molecule has 3 aromatic rings. The van der Waals surface area contributed by atoms with Gasteiger partial charge < -0.3 is 0 Å². The predicted octanol–water partition coefficient (Wildman–Crippen LogP) is 6.37. The molecule has 0 bridgehead atoms. The Morgan fingerprint density at radius 2 is 1.38 bits per heavy atom. The molecule has 0 fully saturated rings. The monoisotopic (exact) mass is 312 g/mol. The summed E-state index contributed by atoms with van der Waals surface area (Å²) in [6.45, 7) is 4.46. The first-order valence-electron chi connectivity index (χ1n) is 7.63. The molecular formula is C19H21ClSi. The van der Waals surface area contributed by atoms with Crippen LogP contribution in [0.3, 0.4) is 0 Å². The molecule has 0 heterocycles. The minimum atomic E-state index is -1.47. The Hall–Kier alpha value is -1.31. The van der Waals surface area contributed by atoms with Crippen molar-refractivity contribution in [2.24, 2.45) is 0 Å². The third kappa shape index (κ3) is 3.30. The number of benzene rings is 3. The van der Waals surface area contributed by atoms with E-state index in [1.54, 1.807) is 0 Å². The summed E-state index contributed by atoms with van der Waals surface area (Å²) in [7, 11) is -1.47. The highest BCUT2D eigenvalue weighted by molar-refractivity contribution is 7.19. The molecule has 0 unspecified atom stereocenters. The van der Waals surface area contributed by atoms with Crippen molar-refractivity contribution in [3.8, 4) is 0 Å². The zero-order valence-electron chi connectivity index (χ0n) is 12.7. The van der Waals surface area contributed by atoms with Gasteiger partial charge in [0.05, 0.1) is 0 Å². The van der Waals surface area contributed by atoms with E-state index in [4.69, 9.17) is 11.1 Å². The van der Waals surface area contributed by atoms with E-state index in [-0.39, 0.29) is 0 Å². The Kier molecular flexibility index (Phi) is 4.05. The molecule has 0 aliphatic heterocycles. The summed E-state index contributed by atoms with van der Waals surface area (Å²) in [5, 5.41) is 5.47. The quantitative estimate of drug-likeness (QED) is 0.298. The van der Waals surface area contributed by atoms with Crippen LogP contribution in [0.1, 0.15) is 12.0 Å². The molecule has 0 nitrogen and oxygen atoms in total. The maximum atomic E-state index is 6.47. The zero-order chi connectivity index (χ0) is 14.9. The molecule has 0 spiro atoms. The second-order valence-corrected chi connectivity index (χ2v) is 13.4. The van der Waals surface area contributed by atoms with Gasteiger partial charge >= 0.3 is 0 Å². The average Bonchev–Trinajstić information content (AvgIpc) is 2.45. The van der Waals surface area contributed by atoms with Crippen LogP contribution in [0.25, 0.3) is 21.5 Å². The zero-order valence-corrected chi connectivity index (χ0v) is 14.5. The highest BCUT2D eigenvalue weighted by Gasteiger charge is 2.16. The number of halogens is 1. The Morgan fingerprint density at radius 3 is 1.90 bits per heavy atom. The van der Waals surface area contributed by atoms with Gasteiger partial charge in [0.2, 0.25) is 0 Å². The molecule has 3 aromatic carbocycles. The van der Waals surface area contributed by atoms with Gasteiger partial charge in [-0.05, 0) is 45.6 Å². The molecule has 0 saturated heterocycles. The summed E-state index contributed by atoms with van der Waals surface area (Å²) in [6, 6.07) is 20.9. The molecule has 2 heteroatoms. The lowest BCUT2D eigenvalue weighted by atomic mass is 9.94. The maximum Gasteiger partial charge on any atom is 0.150 e. The van der Waals surface area contributed by atoms with E-state index < -0.39 is 7.38 Å². The fourth-order valence-corrected chi connectivity index (χ4v) is 4.48. The van der Waals surface area contributed by atoms with E-state index in [1.807, 2.05) is 0 Å². The van der Waals surface area contributed by atoms with Crippen LogP contribution in [-0.2, 0) is 6.42 Å². The molecular weight excluding hydrogens is 292 g/mol. The first-order valence-corrected chi connectivity index (χ1v) is 11.8. The second-order valence-electron chi connectivity index (χ2n) is 6.37. The van der Waals surface area contributed by atoms with E-state index in [9.17, 15) is 0 Å². The lowest BCUT2D eigenvalue weighted by Gasteiger charge is -2.15. The van der Waals surface area contributed by atoms with Crippen LogP contribution >= 0.6 is 11.1 Å². The predicted molar refractivity (Wildman–Crippen MR) is 97.9 cm³/mol. The molecule has 0 radical (unpaired) electrons. The third-order valence-corrected chi connectivity index (χ3v) is 6.19. The van der Waals surface area contributed by atoms with E-state index in [0.29, 0.717) is 0 Å². The van der Waals surface area contributed by atoms with Crippen LogP contribution in [-0.4, -0.2) is 7.38 Å².